The van der Waals surface area contributed by atoms with E-state index in [1.165, 1.54) is 48.0 Å². The maximum atomic E-state index is 13.7. The monoisotopic (exact) mass is 701 g/mol. The predicted molar refractivity (Wildman–Crippen MR) is 176 cm³/mol. The number of carbonyl (C=O) groups excluding carboxylic acids is 2. The summed E-state index contributed by atoms with van der Waals surface area (Å²) in [5, 5.41) is 16.3. The Morgan fingerprint density at radius 2 is 1.70 bits per heavy atom. The van der Waals surface area contributed by atoms with Gasteiger partial charge in [-0.25, -0.2) is 4.98 Å². The molecule has 0 radical (unpaired) electrons. The van der Waals surface area contributed by atoms with Gasteiger partial charge in [0.2, 0.25) is 0 Å². The fourth-order valence-corrected chi connectivity index (χ4v) is 7.32. The Hall–Kier alpha value is -2.04. The molecule has 46 heavy (non-hydrogen) atoms. The summed E-state index contributed by atoms with van der Waals surface area (Å²) in [6.07, 6.45) is 8.15. The molecule has 0 unspecified atom stereocenters. The average molecular weight is 702 g/mol. The van der Waals surface area contributed by atoms with Crippen molar-refractivity contribution in [2.45, 2.75) is 65.3 Å². The number of anilines is 1. The van der Waals surface area contributed by atoms with Crippen LogP contribution in [0.1, 0.15) is 65.0 Å². The molecule has 7 N–H and O–H groups in total. The van der Waals surface area contributed by atoms with Gasteiger partial charge in [-0.05, 0) is 56.4 Å². The smallest absolute Gasteiger partial charge is 0.548 e. The first kappa shape index (κ1) is 42.0. The van der Waals surface area contributed by atoms with E-state index < -0.39 is 18.4 Å². The average Bonchev–Trinajstić information content (AvgIpc) is 3.52. The molecule has 1 aliphatic rings. The quantitative estimate of drug-likeness (QED) is 0.240. The summed E-state index contributed by atoms with van der Waals surface area (Å²) >= 11 is 7.81. The molecule has 1 amide bonds. The Morgan fingerprint density at radius 1 is 1.02 bits per heavy atom. The Kier molecular flexibility index (Phi) is 16.9. The summed E-state index contributed by atoms with van der Waals surface area (Å²) in [6.45, 7) is 3.43. The molecule has 0 aliphatic heterocycles. The zero-order chi connectivity index (χ0) is 30.0. The first-order valence-electron chi connectivity index (χ1n) is 14.2. The number of carbonyl (C=O) groups is 2. The van der Waals surface area contributed by atoms with Crippen molar-refractivity contribution < 1.29 is 92.0 Å². The van der Waals surface area contributed by atoms with Crippen LogP contribution in [0.5, 0.6) is 11.5 Å². The molecule has 14 heteroatoms. The molecule has 5 rings (SSSR count). The van der Waals surface area contributed by atoms with Crippen molar-refractivity contribution in [1.82, 2.24) is 9.55 Å². The molecule has 1 aliphatic carbocycles. The van der Waals surface area contributed by atoms with Gasteiger partial charge in [-0.15, -0.1) is 11.3 Å². The number of methoxy groups -OCH3 is 2. The number of ether oxygens (including phenoxy) is 2. The maximum absolute atomic E-state index is 13.7. The van der Waals surface area contributed by atoms with Crippen LogP contribution in [0.3, 0.4) is 0 Å². The van der Waals surface area contributed by atoms with Crippen LogP contribution in [0.2, 0.25) is 5.02 Å². The van der Waals surface area contributed by atoms with Crippen molar-refractivity contribution in [1.29, 1.82) is 0 Å². The van der Waals surface area contributed by atoms with Gasteiger partial charge in [0.15, 0.2) is 5.13 Å². The second-order valence-electron chi connectivity index (χ2n) is 11.0. The number of amides is 1. The number of hydrogen-bond donors (Lipinski definition) is 1. The number of thiazole rings is 1. The summed E-state index contributed by atoms with van der Waals surface area (Å²) in [6, 6.07) is 9.15. The number of nitrogens with zero attached hydrogens (tertiary/aromatic N) is 2. The number of aryl methyl sites for hydroxylation is 3. The molecular formula is C32H41ClKN3O8S. The van der Waals surface area contributed by atoms with Gasteiger partial charge in [-0.3, -0.25) is 10.1 Å². The molecule has 11 nitrogen and oxygen atoms in total. The van der Waals surface area contributed by atoms with Crippen LogP contribution in [-0.2, 0) is 17.8 Å². The van der Waals surface area contributed by atoms with E-state index in [1.807, 2.05) is 32.0 Å². The summed E-state index contributed by atoms with van der Waals surface area (Å²) in [5.74, 6) is 0.0149. The number of halogens is 1. The third kappa shape index (κ3) is 9.31. The number of benzene rings is 2. The van der Waals surface area contributed by atoms with Gasteiger partial charge in [0.05, 0.1) is 43.0 Å². The van der Waals surface area contributed by atoms with Gasteiger partial charge >= 0.3 is 51.4 Å². The van der Waals surface area contributed by atoms with E-state index in [1.54, 1.807) is 26.4 Å². The molecule has 4 aromatic rings. The number of fused-ring (bicyclic) bond motifs is 1. The molecular weight excluding hydrogens is 661 g/mol. The van der Waals surface area contributed by atoms with Crippen molar-refractivity contribution in [2.75, 3.05) is 19.5 Å². The van der Waals surface area contributed by atoms with Crippen molar-refractivity contribution in [3.05, 3.63) is 57.1 Å². The number of carboxylic acid groups (broad SMARTS) is 1. The van der Waals surface area contributed by atoms with E-state index in [4.69, 9.17) is 26.1 Å². The fraction of sp³-hybridized carbons (Fsp3) is 0.406. The third-order valence-electron chi connectivity index (χ3n) is 8.00. The summed E-state index contributed by atoms with van der Waals surface area (Å²) in [4.78, 5) is 31.2. The number of aromatic nitrogens is 2. The van der Waals surface area contributed by atoms with Crippen molar-refractivity contribution in [3.8, 4) is 22.8 Å². The number of hydrogen-bond acceptors (Lipinski definition) is 7. The normalized spacial score (nSPS) is 12.6. The molecule has 0 saturated heterocycles. The molecule has 0 atom stereocenters. The molecule has 2 heterocycles. The van der Waals surface area contributed by atoms with E-state index in [2.05, 4.69) is 5.32 Å². The fourth-order valence-electron chi connectivity index (χ4n) is 6.10. The molecule has 2 aromatic heterocycles. The minimum absolute atomic E-state index is 0. The second kappa shape index (κ2) is 18.5. The molecule has 1 saturated carbocycles. The minimum atomic E-state index is -1.27. The largest absolute Gasteiger partial charge is 1.00 e. The zero-order valence-electron chi connectivity index (χ0n) is 26.8. The molecule has 246 valence electrons. The summed E-state index contributed by atoms with van der Waals surface area (Å²) in [7, 11) is 3.14. The van der Waals surface area contributed by atoms with E-state index in [9.17, 15) is 14.7 Å². The van der Waals surface area contributed by atoms with Gasteiger partial charge in [-0.1, -0.05) is 55.3 Å². The summed E-state index contributed by atoms with van der Waals surface area (Å²) < 4.78 is 12.7. The SMILES string of the molecule is COc1cc(-c2nc(NC(=O)c3cc4cc(C)cc(C)c4n3CC(=O)[O-])sc2CCC2CCCCC2)c(OC)cc1Cl.O.O.O.[K+]. The first-order chi connectivity index (χ1) is 20.2. The Balaban J connectivity index is 0.00000264. The summed E-state index contributed by atoms with van der Waals surface area (Å²) in [5.41, 5.74) is 4.27. The van der Waals surface area contributed by atoms with E-state index in [0.717, 1.165) is 39.8 Å². The number of rotatable bonds is 10. The van der Waals surface area contributed by atoms with Gasteiger partial charge in [0.25, 0.3) is 5.91 Å². The standard InChI is InChI=1S/C32H36ClN3O5S.K.3H2O/c1-18-12-19(2)30-21(13-18)14-24(36(30)17-28(37)38)31(39)35-32-34-29(22-15-26(41-4)23(33)16-25(22)40-3)27(42-32)11-10-20-8-6-5-7-9-20;;;;/h12-16,20H,5-11,17H2,1-4H3,(H,37,38)(H,34,35,39);;3*1H2/q;+1;;;/p-1. The van der Waals surface area contributed by atoms with Crippen LogP contribution < -0.4 is 71.3 Å². The molecule has 0 spiro atoms. The van der Waals surface area contributed by atoms with Crippen LogP contribution in [0, 0.1) is 19.8 Å². The van der Waals surface area contributed by atoms with Crippen LogP contribution in [0.25, 0.3) is 22.2 Å². The van der Waals surface area contributed by atoms with E-state index in [-0.39, 0.29) is 73.5 Å². The van der Waals surface area contributed by atoms with Crippen molar-refractivity contribution in [3.63, 3.8) is 0 Å². The molecule has 2 aromatic carbocycles. The van der Waals surface area contributed by atoms with Crippen molar-refractivity contribution in [2.24, 2.45) is 5.92 Å². The topological polar surface area (TPSA) is 200 Å². The van der Waals surface area contributed by atoms with Crippen LogP contribution >= 0.6 is 22.9 Å². The third-order valence-corrected chi connectivity index (χ3v) is 9.32. The van der Waals surface area contributed by atoms with Gasteiger partial charge in [-0.2, -0.15) is 0 Å². The van der Waals surface area contributed by atoms with Crippen LogP contribution in [0.15, 0.2) is 30.3 Å². The van der Waals surface area contributed by atoms with Gasteiger partial charge < -0.3 is 40.4 Å². The zero-order valence-corrected chi connectivity index (χ0v) is 31.5. The van der Waals surface area contributed by atoms with E-state index >= 15 is 0 Å². The van der Waals surface area contributed by atoms with Gasteiger partial charge in [0.1, 0.15) is 17.2 Å². The predicted octanol–water partition coefficient (Wildman–Crippen LogP) is 1.10. The van der Waals surface area contributed by atoms with Crippen molar-refractivity contribution >= 4 is 50.8 Å². The molecule has 0 bridgehead atoms. The first-order valence-corrected chi connectivity index (χ1v) is 15.4. The number of carboxylic acids is 1. The number of aliphatic carboxylic acids is 1. The van der Waals surface area contributed by atoms with Crippen LogP contribution in [-0.4, -0.2) is 52.1 Å². The number of nitrogens with one attached hydrogen (secondary N) is 1. The van der Waals surface area contributed by atoms with E-state index in [0.29, 0.717) is 38.8 Å². The Labute approximate surface area is 320 Å². The maximum Gasteiger partial charge on any atom is 1.00 e. The second-order valence-corrected chi connectivity index (χ2v) is 12.5. The Bertz CT molecular complexity index is 1650. The van der Waals surface area contributed by atoms with Crippen LogP contribution in [0.4, 0.5) is 5.13 Å². The Morgan fingerprint density at radius 3 is 2.33 bits per heavy atom. The van der Waals surface area contributed by atoms with Gasteiger partial charge in [0, 0.05) is 21.9 Å². The molecule has 1 fully saturated rings. The minimum Gasteiger partial charge on any atom is -0.548 e.